The van der Waals surface area contributed by atoms with Crippen LogP contribution in [-0.4, -0.2) is 45.9 Å². The van der Waals surface area contributed by atoms with E-state index in [-0.39, 0.29) is 14.9 Å². The van der Waals surface area contributed by atoms with E-state index in [1.165, 1.54) is 0 Å². The molecule has 0 saturated carbocycles. The number of anilines is 2. The van der Waals surface area contributed by atoms with Crippen LogP contribution in [-0.2, 0) is 21.1 Å². The number of benzene rings is 1. The van der Waals surface area contributed by atoms with Crippen LogP contribution in [0.2, 0.25) is 0 Å². The van der Waals surface area contributed by atoms with Crippen molar-refractivity contribution in [3.63, 3.8) is 0 Å². The molecule has 26 heavy (non-hydrogen) atoms. The van der Waals surface area contributed by atoms with Crippen LogP contribution in [0.25, 0.3) is 0 Å². The van der Waals surface area contributed by atoms with Crippen LogP contribution in [0.3, 0.4) is 0 Å². The van der Waals surface area contributed by atoms with Crippen molar-refractivity contribution >= 4 is 37.5 Å². The first-order valence-electron chi connectivity index (χ1n) is 7.98. The molecule has 0 bridgehead atoms. The smallest absolute Gasteiger partial charge is 0.304 e. The molecular formula is C16H19N3O5S2. The van der Waals surface area contributed by atoms with Crippen molar-refractivity contribution < 1.29 is 18.1 Å². The van der Waals surface area contributed by atoms with E-state index >= 15 is 0 Å². The van der Waals surface area contributed by atoms with Gasteiger partial charge in [-0.05, 0) is 17.7 Å². The Balaban J connectivity index is 1.70. The van der Waals surface area contributed by atoms with Crippen molar-refractivity contribution in [3.8, 4) is 0 Å². The number of nitrogens with zero attached hydrogens (tertiary/aromatic N) is 2. The summed E-state index contributed by atoms with van der Waals surface area (Å²) in [5, 5.41) is 14.4. The molecule has 1 N–H and O–H groups in total. The van der Waals surface area contributed by atoms with Crippen molar-refractivity contribution in [1.82, 2.24) is 0 Å². The highest BCUT2D eigenvalue weighted by Crippen LogP contribution is 2.37. The molecule has 2 heterocycles. The summed E-state index contributed by atoms with van der Waals surface area (Å²) in [7, 11) is -3.48. The molecular weight excluding hydrogens is 378 g/mol. The van der Waals surface area contributed by atoms with Crippen molar-refractivity contribution in [3.05, 3.63) is 46.0 Å². The molecule has 1 aromatic heterocycles. The Morgan fingerprint density at radius 3 is 2.50 bits per heavy atom. The summed E-state index contributed by atoms with van der Waals surface area (Å²) in [5.74, 6) is 0. The first-order chi connectivity index (χ1) is 12.3. The molecule has 8 nitrogen and oxygen atoms in total. The van der Waals surface area contributed by atoms with Crippen molar-refractivity contribution in [1.29, 1.82) is 0 Å². The highest BCUT2D eigenvalue weighted by atomic mass is 32.2. The first-order valence-corrected chi connectivity index (χ1v) is 10.7. The molecule has 1 aromatic carbocycles. The van der Waals surface area contributed by atoms with E-state index in [1.54, 1.807) is 0 Å². The van der Waals surface area contributed by atoms with Crippen molar-refractivity contribution in [2.75, 3.05) is 42.8 Å². The second-order valence-corrected chi connectivity index (χ2v) is 9.22. The van der Waals surface area contributed by atoms with Crippen LogP contribution in [0.5, 0.6) is 0 Å². The van der Waals surface area contributed by atoms with Crippen LogP contribution in [0, 0.1) is 10.1 Å². The maximum absolute atomic E-state index is 11.6. The fourth-order valence-electron chi connectivity index (χ4n) is 2.63. The van der Waals surface area contributed by atoms with Crippen LogP contribution < -0.4 is 10.2 Å². The normalized spacial score (nSPS) is 15.0. The third-order valence-corrected chi connectivity index (χ3v) is 6.90. The number of nitro groups is 1. The van der Waals surface area contributed by atoms with Gasteiger partial charge in [0.25, 0.3) is 0 Å². The van der Waals surface area contributed by atoms with E-state index in [2.05, 4.69) is 10.2 Å². The lowest BCUT2D eigenvalue weighted by atomic mass is 10.2. The molecule has 1 saturated heterocycles. The lowest BCUT2D eigenvalue weighted by molar-refractivity contribution is -0.383. The SMILES string of the molecule is CS(=O)(=O)c1cc([N+](=O)[O-])c(NCc2ccc(N3CCOCC3)cc2)s1. The van der Waals surface area contributed by atoms with Gasteiger partial charge in [0.1, 0.15) is 4.21 Å². The predicted octanol–water partition coefficient (Wildman–Crippen LogP) is 2.51. The van der Waals surface area contributed by atoms with Gasteiger partial charge in [0.2, 0.25) is 0 Å². The van der Waals surface area contributed by atoms with Crippen LogP contribution in [0.1, 0.15) is 5.56 Å². The Hall–Kier alpha value is -2.17. The fraction of sp³-hybridized carbons (Fsp3) is 0.375. The monoisotopic (exact) mass is 397 g/mol. The molecule has 1 aliphatic heterocycles. The zero-order valence-electron chi connectivity index (χ0n) is 14.2. The van der Waals surface area contributed by atoms with Gasteiger partial charge in [0.05, 0.1) is 18.1 Å². The predicted molar refractivity (Wildman–Crippen MR) is 101 cm³/mol. The van der Waals surface area contributed by atoms with E-state index in [0.29, 0.717) is 19.8 Å². The molecule has 0 spiro atoms. The molecule has 140 valence electrons. The molecule has 1 fully saturated rings. The summed E-state index contributed by atoms with van der Waals surface area (Å²) in [4.78, 5) is 12.8. The number of nitrogens with one attached hydrogen (secondary N) is 1. The Kier molecular flexibility index (Phi) is 5.44. The minimum atomic E-state index is -3.48. The third kappa shape index (κ3) is 4.32. The molecule has 10 heteroatoms. The summed E-state index contributed by atoms with van der Waals surface area (Å²) in [6.07, 6.45) is 1.04. The molecule has 0 amide bonds. The number of hydrogen-bond donors (Lipinski definition) is 1. The summed E-state index contributed by atoms with van der Waals surface area (Å²) >= 11 is 0.877. The lowest BCUT2D eigenvalue weighted by Gasteiger charge is -2.28. The van der Waals surface area contributed by atoms with Gasteiger partial charge in [-0.2, -0.15) is 0 Å². The Morgan fingerprint density at radius 1 is 1.27 bits per heavy atom. The zero-order chi connectivity index (χ0) is 18.7. The van der Waals surface area contributed by atoms with Gasteiger partial charge in [0, 0.05) is 37.6 Å². The van der Waals surface area contributed by atoms with Gasteiger partial charge < -0.3 is 15.0 Å². The minimum absolute atomic E-state index is 0.0191. The average molecular weight is 397 g/mol. The van der Waals surface area contributed by atoms with Gasteiger partial charge in [-0.1, -0.05) is 23.5 Å². The average Bonchev–Trinajstić information content (AvgIpc) is 3.06. The Labute approximate surface area is 155 Å². The number of rotatable bonds is 6. The number of morpholine rings is 1. The fourth-order valence-corrected chi connectivity index (χ4v) is 4.57. The Morgan fingerprint density at radius 2 is 1.92 bits per heavy atom. The number of sulfone groups is 1. The van der Waals surface area contributed by atoms with Gasteiger partial charge in [-0.25, -0.2) is 8.42 Å². The largest absolute Gasteiger partial charge is 0.378 e. The Bertz CT molecular complexity index is 887. The van der Waals surface area contributed by atoms with Crippen LogP contribution in [0.15, 0.2) is 34.5 Å². The molecule has 0 unspecified atom stereocenters. The molecule has 0 atom stereocenters. The topological polar surface area (TPSA) is 102 Å². The summed E-state index contributed by atoms with van der Waals surface area (Å²) < 4.78 is 28.6. The van der Waals surface area contributed by atoms with Crippen LogP contribution >= 0.6 is 11.3 Å². The summed E-state index contributed by atoms with van der Waals surface area (Å²) in [5.41, 5.74) is 1.84. The van der Waals surface area contributed by atoms with Gasteiger partial charge in [-0.15, -0.1) is 0 Å². The highest BCUT2D eigenvalue weighted by molar-refractivity contribution is 7.92. The molecule has 0 aliphatic carbocycles. The van der Waals surface area contributed by atoms with E-state index in [4.69, 9.17) is 4.74 Å². The summed E-state index contributed by atoms with van der Waals surface area (Å²) in [6.45, 7) is 3.51. The molecule has 0 radical (unpaired) electrons. The summed E-state index contributed by atoms with van der Waals surface area (Å²) in [6, 6.07) is 9.02. The van der Waals surface area contributed by atoms with Gasteiger partial charge in [-0.3, -0.25) is 10.1 Å². The third-order valence-electron chi connectivity index (χ3n) is 4.02. The minimum Gasteiger partial charge on any atom is -0.378 e. The van der Waals surface area contributed by atoms with Crippen LogP contribution in [0.4, 0.5) is 16.4 Å². The zero-order valence-corrected chi connectivity index (χ0v) is 15.8. The van der Waals surface area contributed by atoms with E-state index in [0.717, 1.165) is 48.0 Å². The maximum Gasteiger partial charge on any atom is 0.304 e. The number of thiophene rings is 1. The maximum atomic E-state index is 11.6. The number of ether oxygens (including phenoxy) is 1. The van der Waals surface area contributed by atoms with Crippen molar-refractivity contribution in [2.45, 2.75) is 10.8 Å². The number of hydrogen-bond acceptors (Lipinski definition) is 8. The second-order valence-electron chi connectivity index (χ2n) is 5.93. The first kappa shape index (κ1) is 18.6. The molecule has 1 aliphatic rings. The van der Waals surface area contributed by atoms with Crippen molar-refractivity contribution in [2.24, 2.45) is 0 Å². The van der Waals surface area contributed by atoms with Gasteiger partial charge >= 0.3 is 5.69 Å². The van der Waals surface area contributed by atoms with E-state index < -0.39 is 14.8 Å². The highest BCUT2D eigenvalue weighted by Gasteiger charge is 2.23. The lowest BCUT2D eigenvalue weighted by Crippen LogP contribution is -2.36. The van der Waals surface area contributed by atoms with E-state index in [9.17, 15) is 18.5 Å². The molecule has 3 rings (SSSR count). The second kappa shape index (κ2) is 7.60. The quantitative estimate of drug-likeness (QED) is 0.590. The van der Waals surface area contributed by atoms with Gasteiger partial charge in [0.15, 0.2) is 14.8 Å². The molecule has 2 aromatic rings. The standard InChI is InChI=1S/C16H19N3O5S2/c1-26(22,23)15-10-14(19(20)21)16(25-15)17-11-12-2-4-13(5-3-12)18-6-8-24-9-7-18/h2-5,10,17H,6-9,11H2,1H3. The van der Waals surface area contributed by atoms with E-state index in [1.807, 2.05) is 24.3 Å².